The average Bonchev–Trinajstić information content (AvgIpc) is 2.44. The first-order valence-corrected chi connectivity index (χ1v) is 6.65. The Morgan fingerprint density at radius 1 is 1.26 bits per heavy atom. The zero-order chi connectivity index (χ0) is 14.3. The topological polar surface area (TPSA) is 49.4 Å². The van der Waals surface area contributed by atoms with E-state index in [1.807, 2.05) is 37.3 Å². The van der Waals surface area contributed by atoms with Gasteiger partial charge in [0, 0.05) is 20.0 Å². The van der Waals surface area contributed by atoms with Crippen LogP contribution in [0.4, 0.5) is 0 Å². The van der Waals surface area contributed by atoms with Crippen LogP contribution in [0, 0.1) is 0 Å². The molecule has 0 radical (unpaired) electrons. The summed E-state index contributed by atoms with van der Waals surface area (Å²) in [5.41, 5.74) is 1.03. The van der Waals surface area contributed by atoms with Gasteiger partial charge >= 0.3 is 0 Å². The summed E-state index contributed by atoms with van der Waals surface area (Å²) >= 11 is 0. The van der Waals surface area contributed by atoms with Crippen LogP contribution >= 0.6 is 0 Å². The molecule has 1 atom stereocenters. The second-order valence-corrected chi connectivity index (χ2v) is 4.55. The maximum atomic E-state index is 12.2. The molecule has 0 saturated heterocycles. The van der Waals surface area contributed by atoms with Gasteiger partial charge in [-0.3, -0.25) is 9.59 Å². The Labute approximate surface area is 114 Å². The smallest absolute Gasteiger partial charge is 0.242 e. The van der Waals surface area contributed by atoms with E-state index in [1.54, 1.807) is 18.9 Å². The largest absolute Gasteiger partial charge is 0.357 e. The van der Waals surface area contributed by atoms with Crippen LogP contribution in [0.25, 0.3) is 0 Å². The van der Waals surface area contributed by atoms with Crippen molar-refractivity contribution in [3.63, 3.8) is 0 Å². The van der Waals surface area contributed by atoms with Gasteiger partial charge in [-0.1, -0.05) is 37.3 Å². The first-order valence-electron chi connectivity index (χ1n) is 6.65. The number of amides is 2. The lowest BCUT2D eigenvalue weighted by molar-refractivity contribution is -0.140. The van der Waals surface area contributed by atoms with Crippen molar-refractivity contribution in [3.05, 3.63) is 35.9 Å². The molecule has 0 aromatic heterocycles. The SMILES string of the molecule is CCCC(=O)N(Cc1ccccc1)[C@H](C)C(=O)NC. The van der Waals surface area contributed by atoms with Crippen LogP contribution in [-0.2, 0) is 16.1 Å². The summed E-state index contributed by atoms with van der Waals surface area (Å²) < 4.78 is 0. The summed E-state index contributed by atoms with van der Waals surface area (Å²) in [5.74, 6) is -0.122. The first kappa shape index (κ1) is 15.2. The molecule has 1 rings (SSSR count). The van der Waals surface area contributed by atoms with Crippen LogP contribution in [0.15, 0.2) is 30.3 Å². The van der Waals surface area contributed by atoms with E-state index >= 15 is 0 Å². The Hall–Kier alpha value is -1.84. The van der Waals surface area contributed by atoms with Gasteiger partial charge in [-0.05, 0) is 18.9 Å². The molecule has 0 spiro atoms. The molecule has 0 unspecified atom stereocenters. The van der Waals surface area contributed by atoms with Crippen molar-refractivity contribution in [3.8, 4) is 0 Å². The highest BCUT2D eigenvalue weighted by Crippen LogP contribution is 2.11. The maximum absolute atomic E-state index is 12.2. The fraction of sp³-hybridized carbons (Fsp3) is 0.467. The third-order valence-electron chi connectivity index (χ3n) is 3.07. The number of carbonyl (C=O) groups excluding carboxylic acids is 2. The van der Waals surface area contributed by atoms with Crippen molar-refractivity contribution in [1.82, 2.24) is 10.2 Å². The second-order valence-electron chi connectivity index (χ2n) is 4.55. The van der Waals surface area contributed by atoms with Crippen molar-refractivity contribution in [2.75, 3.05) is 7.05 Å². The number of likely N-dealkylation sites (N-methyl/N-ethyl adjacent to an activating group) is 1. The summed E-state index contributed by atoms with van der Waals surface area (Å²) in [6, 6.07) is 9.27. The van der Waals surface area contributed by atoms with E-state index < -0.39 is 6.04 Å². The number of benzene rings is 1. The highest BCUT2D eigenvalue weighted by atomic mass is 16.2. The van der Waals surface area contributed by atoms with Gasteiger partial charge in [0.2, 0.25) is 11.8 Å². The van der Waals surface area contributed by atoms with Gasteiger partial charge in [-0.2, -0.15) is 0 Å². The van der Waals surface area contributed by atoms with Crippen LogP contribution in [0.5, 0.6) is 0 Å². The summed E-state index contributed by atoms with van der Waals surface area (Å²) in [4.78, 5) is 25.5. The lowest BCUT2D eigenvalue weighted by atomic mass is 10.1. The maximum Gasteiger partial charge on any atom is 0.242 e. The number of hydrogen-bond donors (Lipinski definition) is 1. The van der Waals surface area contributed by atoms with E-state index in [0.29, 0.717) is 13.0 Å². The van der Waals surface area contributed by atoms with E-state index in [-0.39, 0.29) is 11.8 Å². The van der Waals surface area contributed by atoms with Crippen molar-refractivity contribution in [1.29, 1.82) is 0 Å². The van der Waals surface area contributed by atoms with Crippen molar-refractivity contribution in [2.24, 2.45) is 0 Å². The molecule has 0 heterocycles. The number of nitrogens with one attached hydrogen (secondary N) is 1. The predicted molar refractivity (Wildman–Crippen MR) is 75.4 cm³/mol. The molecule has 0 fully saturated rings. The third-order valence-corrected chi connectivity index (χ3v) is 3.07. The van der Waals surface area contributed by atoms with Crippen LogP contribution in [-0.4, -0.2) is 29.8 Å². The molecule has 4 nitrogen and oxygen atoms in total. The van der Waals surface area contributed by atoms with Crippen LogP contribution in [0.2, 0.25) is 0 Å². The Balaban J connectivity index is 2.86. The van der Waals surface area contributed by atoms with Crippen LogP contribution < -0.4 is 5.32 Å². The fourth-order valence-corrected chi connectivity index (χ4v) is 1.93. The van der Waals surface area contributed by atoms with Gasteiger partial charge in [0.05, 0.1) is 0 Å². The Morgan fingerprint density at radius 3 is 2.42 bits per heavy atom. The van der Waals surface area contributed by atoms with Gasteiger partial charge in [-0.25, -0.2) is 0 Å². The molecule has 0 saturated carbocycles. The third kappa shape index (κ3) is 4.39. The molecule has 2 amide bonds. The standard InChI is InChI=1S/C15H22N2O2/c1-4-8-14(18)17(12(2)15(19)16-3)11-13-9-6-5-7-10-13/h5-7,9-10,12H,4,8,11H2,1-3H3,(H,16,19)/t12-/m1/s1. The Kier molecular flexibility index (Phi) is 6.06. The molecule has 19 heavy (non-hydrogen) atoms. The molecule has 1 aromatic rings. The van der Waals surface area contributed by atoms with Gasteiger partial charge in [-0.15, -0.1) is 0 Å². The zero-order valence-electron chi connectivity index (χ0n) is 11.8. The molecule has 0 aliphatic carbocycles. The van der Waals surface area contributed by atoms with Crippen molar-refractivity contribution < 1.29 is 9.59 Å². The van der Waals surface area contributed by atoms with Gasteiger partial charge in [0.1, 0.15) is 6.04 Å². The highest BCUT2D eigenvalue weighted by Gasteiger charge is 2.24. The van der Waals surface area contributed by atoms with E-state index in [1.165, 1.54) is 0 Å². The lowest BCUT2D eigenvalue weighted by Gasteiger charge is -2.28. The van der Waals surface area contributed by atoms with Crippen LogP contribution in [0.1, 0.15) is 32.3 Å². The molecule has 0 bridgehead atoms. The molecular formula is C15H22N2O2. The second kappa shape index (κ2) is 7.56. The Morgan fingerprint density at radius 2 is 1.89 bits per heavy atom. The molecule has 1 aromatic carbocycles. The predicted octanol–water partition coefficient (Wildman–Crippen LogP) is 1.95. The molecule has 4 heteroatoms. The minimum atomic E-state index is -0.454. The lowest BCUT2D eigenvalue weighted by Crippen LogP contribution is -2.46. The minimum Gasteiger partial charge on any atom is -0.357 e. The first-order chi connectivity index (χ1) is 9.10. The number of carbonyl (C=O) groups is 2. The van der Waals surface area contributed by atoms with Crippen molar-refractivity contribution >= 4 is 11.8 Å². The molecule has 0 aliphatic rings. The average molecular weight is 262 g/mol. The minimum absolute atomic E-state index is 0.0162. The number of hydrogen-bond acceptors (Lipinski definition) is 2. The quantitative estimate of drug-likeness (QED) is 0.852. The monoisotopic (exact) mass is 262 g/mol. The normalized spacial score (nSPS) is 11.7. The van der Waals surface area contributed by atoms with Gasteiger partial charge in [0.25, 0.3) is 0 Å². The summed E-state index contributed by atoms with van der Waals surface area (Å²) in [7, 11) is 1.59. The van der Waals surface area contributed by atoms with Gasteiger partial charge < -0.3 is 10.2 Å². The Bertz CT molecular complexity index is 417. The number of rotatable bonds is 6. The van der Waals surface area contributed by atoms with Crippen LogP contribution in [0.3, 0.4) is 0 Å². The highest BCUT2D eigenvalue weighted by molar-refractivity contribution is 5.87. The van der Waals surface area contributed by atoms with E-state index in [9.17, 15) is 9.59 Å². The zero-order valence-corrected chi connectivity index (χ0v) is 11.8. The fourth-order valence-electron chi connectivity index (χ4n) is 1.93. The van der Waals surface area contributed by atoms with E-state index in [4.69, 9.17) is 0 Å². The summed E-state index contributed by atoms with van der Waals surface area (Å²) in [5, 5.41) is 2.60. The van der Waals surface area contributed by atoms with E-state index in [0.717, 1.165) is 12.0 Å². The van der Waals surface area contributed by atoms with Crippen molar-refractivity contribution in [2.45, 2.75) is 39.3 Å². The number of nitrogens with zero attached hydrogens (tertiary/aromatic N) is 1. The molecule has 1 N–H and O–H groups in total. The van der Waals surface area contributed by atoms with Gasteiger partial charge in [0.15, 0.2) is 0 Å². The molecule has 0 aliphatic heterocycles. The molecular weight excluding hydrogens is 240 g/mol. The molecule has 104 valence electrons. The summed E-state index contributed by atoms with van der Waals surface area (Å²) in [6.45, 7) is 4.19. The summed E-state index contributed by atoms with van der Waals surface area (Å²) in [6.07, 6.45) is 1.25. The van der Waals surface area contributed by atoms with E-state index in [2.05, 4.69) is 5.32 Å².